The predicted molar refractivity (Wildman–Crippen MR) is 54.6 cm³/mol. The van der Waals surface area contributed by atoms with E-state index < -0.39 is 0 Å². The summed E-state index contributed by atoms with van der Waals surface area (Å²) in [6.45, 7) is 6.46. The summed E-state index contributed by atoms with van der Waals surface area (Å²) in [5.74, 6) is 3.26. The van der Waals surface area contributed by atoms with Crippen LogP contribution in [0.2, 0.25) is 0 Å². The Morgan fingerprint density at radius 3 is 2.75 bits per heavy atom. The molecule has 1 aliphatic rings. The van der Waals surface area contributed by atoms with Crippen LogP contribution >= 0.6 is 11.8 Å². The fraction of sp³-hybridized carbons (Fsp3) is 1.00. The average molecular weight is 189 g/mol. The topological polar surface area (TPSA) is 23.5 Å². The van der Waals surface area contributed by atoms with Gasteiger partial charge in [-0.2, -0.15) is 11.8 Å². The first-order valence-corrected chi connectivity index (χ1v) is 5.89. The number of nitrogens with zero attached hydrogens (tertiary/aromatic N) is 1. The summed E-state index contributed by atoms with van der Waals surface area (Å²) >= 11 is 1.95. The minimum Gasteiger partial charge on any atom is -0.396 e. The van der Waals surface area contributed by atoms with E-state index in [0.717, 1.165) is 18.1 Å². The zero-order valence-corrected chi connectivity index (χ0v) is 8.65. The molecular formula is C9H19NOS. The number of aliphatic hydroxyl groups is 1. The largest absolute Gasteiger partial charge is 0.396 e. The van der Waals surface area contributed by atoms with E-state index in [4.69, 9.17) is 5.11 Å². The van der Waals surface area contributed by atoms with Crippen LogP contribution in [-0.2, 0) is 0 Å². The molecule has 0 aromatic carbocycles. The van der Waals surface area contributed by atoms with Crippen molar-refractivity contribution in [2.24, 2.45) is 5.92 Å². The maximum Gasteiger partial charge on any atom is 0.0438 e. The molecule has 0 spiro atoms. The average Bonchev–Trinajstić information content (AvgIpc) is 2.00. The molecule has 0 aromatic heterocycles. The van der Waals surface area contributed by atoms with Gasteiger partial charge in [0.05, 0.1) is 0 Å². The van der Waals surface area contributed by atoms with E-state index in [2.05, 4.69) is 11.8 Å². The first-order valence-electron chi connectivity index (χ1n) is 4.74. The van der Waals surface area contributed by atoms with Gasteiger partial charge >= 0.3 is 0 Å². The van der Waals surface area contributed by atoms with Crippen molar-refractivity contribution in [3.8, 4) is 0 Å². The first-order chi connectivity index (χ1) is 5.83. The van der Waals surface area contributed by atoms with Gasteiger partial charge in [-0.15, -0.1) is 0 Å². The normalized spacial score (nSPS) is 19.5. The van der Waals surface area contributed by atoms with E-state index in [1.54, 1.807) is 0 Å². The fourth-order valence-corrected chi connectivity index (χ4v) is 2.40. The van der Waals surface area contributed by atoms with Crippen LogP contribution in [0.3, 0.4) is 0 Å². The highest BCUT2D eigenvalue weighted by Crippen LogP contribution is 2.14. The maximum atomic E-state index is 8.54. The van der Waals surface area contributed by atoms with Crippen LogP contribution in [0.25, 0.3) is 0 Å². The van der Waals surface area contributed by atoms with E-state index in [1.165, 1.54) is 25.4 Å². The molecule has 0 bridgehead atoms. The van der Waals surface area contributed by atoms with E-state index in [0.29, 0.717) is 6.61 Å². The van der Waals surface area contributed by atoms with Crippen molar-refractivity contribution in [1.29, 1.82) is 0 Å². The standard InChI is InChI=1S/C9H19NOS/c1-9-7-10(8-9)3-6-12-5-2-4-11/h9,11H,2-8H2,1H3. The fourth-order valence-electron chi connectivity index (χ4n) is 1.47. The zero-order chi connectivity index (χ0) is 8.81. The van der Waals surface area contributed by atoms with Gasteiger partial charge in [-0.1, -0.05) is 6.92 Å². The summed E-state index contributed by atoms with van der Waals surface area (Å²) in [4.78, 5) is 2.50. The molecule has 0 unspecified atom stereocenters. The van der Waals surface area contributed by atoms with Crippen molar-refractivity contribution in [2.45, 2.75) is 13.3 Å². The second-order valence-electron chi connectivity index (χ2n) is 3.55. The highest BCUT2D eigenvalue weighted by Gasteiger charge is 2.20. The number of hydrogen-bond donors (Lipinski definition) is 1. The van der Waals surface area contributed by atoms with Gasteiger partial charge in [0.1, 0.15) is 0 Å². The molecule has 1 N–H and O–H groups in total. The van der Waals surface area contributed by atoms with Gasteiger partial charge in [0.15, 0.2) is 0 Å². The number of hydrogen-bond acceptors (Lipinski definition) is 3. The van der Waals surface area contributed by atoms with E-state index in [9.17, 15) is 0 Å². The second kappa shape index (κ2) is 5.84. The Labute approximate surface area is 79.3 Å². The summed E-state index contributed by atoms with van der Waals surface area (Å²) in [7, 11) is 0. The smallest absolute Gasteiger partial charge is 0.0438 e. The molecule has 1 aliphatic heterocycles. The summed E-state index contributed by atoms with van der Waals surface area (Å²) in [5.41, 5.74) is 0. The van der Waals surface area contributed by atoms with E-state index in [-0.39, 0.29) is 0 Å². The molecule has 0 saturated carbocycles. The maximum absolute atomic E-state index is 8.54. The quantitative estimate of drug-likeness (QED) is 0.632. The molecule has 3 heteroatoms. The lowest BCUT2D eigenvalue weighted by Gasteiger charge is -2.36. The van der Waals surface area contributed by atoms with E-state index >= 15 is 0 Å². The summed E-state index contributed by atoms with van der Waals surface area (Å²) in [5, 5.41) is 8.54. The Morgan fingerprint density at radius 2 is 2.17 bits per heavy atom. The molecule has 72 valence electrons. The zero-order valence-electron chi connectivity index (χ0n) is 7.83. The lowest BCUT2D eigenvalue weighted by molar-refractivity contribution is 0.122. The van der Waals surface area contributed by atoms with Crippen molar-refractivity contribution in [1.82, 2.24) is 4.90 Å². The van der Waals surface area contributed by atoms with Gasteiger partial charge in [0.2, 0.25) is 0 Å². The Hall–Kier alpha value is 0.270. The molecule has 0 aliphatic carbocycles. The predicted octanol–water partition coefficient (Wildman–Crippen LogP) is 1.05. The monoisotopic (exact) mass is 189 g/mol. The molecule has 1 rings (SSSR count). The van der Waals surface area contributed by atoms with Gasteiger partial charge in [0.25, 0.3) is 0 Å². The SMILES string of the molecule is CC1CN(CCSCCCO)C1. The van der Waals surface area contributed by atoms with Crippen LogP contribution in [0.1, 0.15) is 13.3 Å². The summed E-state index contributed by atoms with van der Waals surface area (Å²) in [6, 6.07) is 0. The van der Waals surface area contributed by atoms with Crippen molar-refractivity contribution in [3.05, 3.63) is 0 Å². The number of rotatable bonds is 6. The van der Waals surface area contributed by atoms with Crippen molar-refractivity contribution in [2.75, 3.05) is 37.7 Å². The van der Waals surface area contributed by atoms with Gasteiger partial charge in [-0.25, -0.2) is 0 Å². The molecule has 1 heterocycles. The Kier molecular flexibility index (Phi) is 5.04. The lowest BCUT2D eigenvalue weighted by atomic mass is 10.0. The molecule has 0 aromatic rings. The molecular weight excluding hydrogens is 170 g/mol. The van der Waals surface area contributed by atoms with Crippen LogP contribution in [0.15, 0.2) is 0 Å². The Balaban J connectivity index is 1.77. The number of likely N-dealkylation sites (tertiary alicyclic amines) is 1. The highest BCUT2D eigenvalue weighted by atomic mass is 32.2. The van der Waals surface area contributed by atoms with Crippen molar-refractivity contribution in [3.63, 3.8) is 0 Å². The Morgan fingerprint density at radius 1 is 1.42 bits per heavy atom. The summed E-state index contributed by atoms with van der Waals surface area (Å²) in [6.07, 6.45) is 0.946. The van der Waals surface area contributed by atoms with Crippen LogP contribution < -0.4 is 0 Å². The van der Waals surface area contributed by atoms with Crippen molar-refractivity contribution < 1.29 is 5.11 Å². The molecule has 1 fully saturated rings. The van der Waals surface area contributed by atoms with Gasteiger partial charge in [0, 0.05) is 32.0 Å². The minimum absolute atomic E-state index is 0.341. The van der Waals surface area contributed by atoms with Crippen molar-refractivity contribution >= 4 is 11.8 Å². The molecule has 12 heavy (non-hydrogen) atoms. The third kappa shape index (κ3) is 3.78. The van der Waals surface area contributed by atoms with Crippen LogP contribution in [0.5, 0.6) is 0 Å². The minimum atomic E-state index is 0.341. The third-order valence-electron chi connectivity index (χ3n) is 2.14. The number of aliphatic hydroxyl groups excluding tert-OH is 1. The molecule has 2 nitrogen and oxygen atoms in total. The highest BCUT2D eigenvalue weighted by molar-refractivity contribution is 7.99. The van der Waals surface area contributed by atoms with Gasteiger partial charge in [-0.05, 0) is 18.1 Å². The van der Waals surface area contributed by atoms with Crippen LogP contribution in [-0.4, -0.2) is 47.8 Å². The van der Waals surface area contributed by atoms with E-state index in [1.807, 2.05) is 11.8 Å². The Bertz CT molecular complexity index is 115. The summed E-state index contributed by atoms with van der Waals surface area (Å²) < 4.78 is 0. The lowest BCUT2D eigenvalue weighted by Crippen LogP contribution is -2.45. The molecule has 0 atom stereocenters. The number of thioether (sulfide) groups is 1. The van der Waals surface area contributed by atoms with Gasteiger partial charge < -0.3 is 10.0 Å². The van der Waals surface area contributed by atoms with Crippen LogP contribution in [0, 0.1) is 5.92 Å². The van der Waals surface area contributed by atoms with Gasteiger partial charge in [-0.3, -0.25) is 0 Å². The molecule has 1 saturated heterocycles. The first kappa shape index (κ1) is 10.4. The van der Waals surface area contributed by atoms with Crippen LogP contribution in [0.4, 0.5) is 0 Å². The molecule has 0 amide bonds. The molecule has 0 radical (unpaired) electrons. The third-order valence-corrected chi connectivity index (χ3v) is 3.19. The second-order valence-corrected chi connectivity index (χ2v) is 4.78.